The summed E-state index contributed by atoms with van der Waals surface area (Å²) in [7, 11) is 0. The van der Waals surface area contributed by atoms with Crippen LogP contribution in [0.15, 0.2) is 53.6 Å². The summed E-state index contributed by atoms with van der Waals surface area (Å²) >= 11 is 11.2. The molecular formula is C21H24ClN3OS. The van der Waals surface area contributed by atoms with E-state index in [1.165, 1.54) is 32.1 Å². The highest BCUT2D eigenvalue weighted by Crippen LogP contribution is 2.17. The van der Waals surface area contributed by atoms with Crippen LogP contribution in [0.1, 0.15) is 43.2 Å². The lowest BCUT2D eigenvalue weighted by Gasteiger charge is -2.23. The quantitative estimate of drug-likeness (QED) is 0.404. The number of hydrazone groups is 1. The lowest BCUT2D eigenvalue weighted by Crippen LogP contribution is -2.40. The minimum absolute atomic E-state index is 0.471. The van der Waals surface area contributed by atoms with E-state index in [9.17, 15) is 0 Å². The first-order valence-electron chi connectivity index (χ1n) is 9.26. The van der Waals surface area contributed by atoms with Crippen LogP contribution in [0, 0.1) is 0 Å². The Hall–Kier alpha value is -2.11. The molecule has 0 saturated heterocycles. The smallest absolute Gasteiger partial charge is 0.187 e. The fraction of sp³-hybridized carbons (Fsp3) is 0.333. The molecule has 0 aliphatic heterocycles. The Morgan fingerprint density at radius 2 is 1.93 bits per heavy atom. The van der Waals surface area contributed by atoms with Crippen molar-refractivity contribution < 1.29 is 4.74 Å². The molecule has 2 N–H and O–H groups in total. The van der Waals surface area contributed by atoms with Crippen molar-refractivity contribution in [3.05, 3.63) is 64.7 Å². The van der Waals surface area contributed by atoms with Gasteiger partial charge in [-0.15, -0.1) is 0 Å². The maximum atomic E-state index is 5.90. The van der Waals surface area contributed by atoms with Gasteiger partial charge in [0.05, 0.1) is 6.21 Å². The van der Waals surface area contributed by atoms with Crippen molar-refractivity contribution in [1.29, 1.82) is 0 Å². The number of thiocarbonyl (C=S) groups is 1. The van der Waals surface area contributed by atoms with Crippen LogP contribution >= 0.6 is 23.8 Å². The first-order valence-corrected chi connectivity index (χ1v) is 10.0. The summed E-state index contributed by atoms with van der Waals surface area (Å²) in [6.07, 6.45) is 7.97. The van der Waals surface area contributed by atoms with Crippen molar-refractivity contribution in [1.82, 2.24) is 10.7 Å². The van der Waals surface area contributed by atoms with Crippen LogP contribution < -0.4 is 15.5 Å². The van der Waals surface area contributed by atoms with Gasteiger partial charge in [0, 0.05) is 11.1 Å². The van der Waals surface area contributed by atoms with Crippen LogP contribution in [0.4, 0.5) is 0 Å². The molecule has 0 atom stereocenters. The highest BCUT2D eigenvalue weighted by atomic mass is 35.5. The second-order valence-electron chi connectivity index (χ2n) is 6.67. The lowest BCUT2D eigenvalue weighted by molar-refractivity contribution is 0.306. The molecule has 0 aromatic heterocycles. The molecule has 1 aliphatic rings. The van der Waals surface area contributed by atoms with Crippen LogP contribution in [-0.4, -0.2) is 17.4 Å². The normalized spacial score (nSPS) is 14.9. The summed E-state index contributed by atoms with van der Waals surface area (Å²) < 4.78 is 5.84. The molecule has 0 spiro atoms. The Balaban J connectivity index is 1.47. The molecule has 3 rings (SSSR count). The van der Waals surface area contributed by atoms with Gasteiger partial charge < -0.3 is 10.1 Å². The number of ether oxygens (including phenoxy) is 1. The standard InChI is InChI=1S/C21H24ClN3OS/c22-18-11-9-16(10-12-18)15-26-20-8-4-5-17(13-20)14-23-25-21(27)24-19-6-2-1-3-7-19/h4-5,8-14,19H,1-3,6-7,15H2,(H2,24,25,27)/b23-14-. The molecule has 6 heteroatoms. The third-order valence-corrected chi connectivity index (χ3v) is 4.96. The largest absolute Gasteiger partial charge is 0.489 e. The molecule has 1 fully saturated rings. The summed E-state index contributed by atoms with van der Waals surface area (Å²) in [5, 5.41) is 8.86. The maximum absolute atomic E-state index is 5.90. The van der Waals surface area contributed by atoms with Gasteiger partial charge in [0.1, 0.15) is 12.4 Å². The highest BCUT2D eigenvalue weighted by Gasteiger charge is 2.13. The van der Waals surface area contributed by atoms with Crippen LogP contribution in [0.5, 0.6) is 5.75 Å². The summed E-state index contributed by atoms with van der Waals surface area (Å²) in [5.74, 6) is 0.789. The topological polar surface area (TPSA) is 45.7 Å². The Labute approximate surface area is 171 Å². The maximum Gasteiger partial charge on any atom is 0.187 e. The van der Waals surface area contributed by atoms with Crippen molar-refractivity contribution in [2.75, 3.05) is 0 Å². The molecular weight excluding hydrogens is 378 g/mol. The third kappa shape index (κ3) is 6.85. The first kappa shape index (κ1) is 19.6. The fourth-order valence-electron chi connectivity index (χ4n) is 3.06. The summed E-state index contributed by atoms with van der Waals surface area (Å²) in [6.45, 7) is 0.491. The van der Waals surface area contributed by atoms with Gasteiger partial charge >= 0.3 is 0 Å². The summed E-state index contributed by atoms with van der Waals surface area (Å²) in [5.41, 5.74) is 4.91. The molecule has 0 unspecified atom stereocenters. The monoisotopic (exact) mass is 401 g/mol. The van der Waals surface area contributed by atoms with E-state index in [0.717, 1.165) is 21.9 Å². The van der Waals surface area contributed by atoms with Crippen LogP contribution in [-0.2, 0) is 6.61 Å². The van der Waals surface area contributed by atoms with Gasteiger partial charge in [0.2, 0.25) is 0 Å². The van der Waals surface area contributed by atoms with Crippen molar-refractivity contribution in [3.8, 4) is 5.75 Å². The van der Waals surface area contributed by atoms with Crippen molar-refractivity contribution >= 4 is 35.1 Å². The molecule has 142 valence electrons. The zero-order valence-electron chi connectivity index (χ0n) is 15.2. The van der Waals surface area contributed by atoms with Gasteiger partial charge in [-0.25, -0.2) is 0 Å². The van der Waals surface area contributed by atoms with E-state index >= 15 is 0 Å². The molecule has 0 bridgehead atoms. The number of nitrogens with zero attached hydrogens (tertiary/aromatic N) is 1. The molecule has 4 nitrogen and oxygen atoms in total. The second-order valence-corrected chi connectivity index (χ2v) is 7.51. The van der Waals surface area contributed by atoms with Crippen molar-refractivity contribution in [2.24, 2.45) is 5.10 Å². The molecule has 0 heterocycles. The number of hydrogen-bond acceptors (Lipinski definition) is 3. The van der Waals surface area contributed by atoms with Gasteiger partial charge in [-0.3, -0.25) is 5.43 Å². The van der Waals surface area contributed by atoms with Crippen LogP contribution in [0.3, 0.4) is 0 Å². The molecule has 2 aromatic carbocycles. The third-order valence-electron chi connectivity index (χ3n) is 4.50. The number of hydrogen-bond donors (Lipinski definition) is 2. The van der Waals surface area contributed by atoms with Crippen LogP contribution in [0.25, 0.3) is 0 Å². The number of rotatable bonds is 6. The minimum atomic E-state index is 0.471. The van der Waals surface area contributed by atoms with Gasteiger partial charge in [-0.2, -0.15) is 5.10 Å². The summed E-state index contributed by atoms with van der Waals surface area (Å²) in [4.78, 5) is 0. The van der Waals surface area contributed by atoms with Crippen molar-refractivity contribution in [3.63, 3.8) is 0 Å². The number of nitrogens with one attached hydrogen (secondary N) is 2. The zero-order valence-corrected chi connectivity index (χ0v) is 16.7. The van der Waals surface area contributed by atoms with Gasteiger partial charge in [0.15, 0.2) is 5.11 Å². The molecule has 1 aliphatic carbocycles. The molecule has 0 amide bonds. The average molecular weight is 402 g/mol. The Kier molecular flexibility index (Phi) is 7.48. The zero-order chi connectivity index (χ0) is 18.9. The van der Waals surface area contributed by atoms with E-state index in [-0.39, 0.29) is 0 Å². The average Bonchev–Trinajstić information content (AvgIpc) is 2.69. The van der Waals surface area contributed by atoms with E-state index < -0.39 is 0 Å². The molecule has 27 heavy (non-hydrogen) atoms. The van der Waals surface area contributed by atoms with Crippen molar-refractivity contribution in [2.45, 2.75) is 44.8 Å². The second kappa shape index (κ2) is 10.3. The Bertz CT molecular complexity index is 773. The lowest BCUT2D eigenvalue weighted by atomic mass is 9.96. The van der Waals surface area contributed by atoms with Gasteiger partial charge in [-0.1, -0.05) is 55.1 Å². The number of halogens is 1. The molecule has 0 radical (unpaired) electrons. The van der Waals surface area contributed by atoms with E-state index in [4.69, 9.17) is 28.6 Å². The van der Waals surface area contributed by atoms with Gasteiger partial charge in [0.25, 0.3) is 0 Å². The minimum Gasteiger partial charge on any atom is -0.489 e. The van der Waals surface area contributed by atoms with E-state index in [2.05, 4.69) is 15.8 Å². The first-order chi connectivity index (χ1) is 13.2. The van der Waals surface area contributed by atoms with E-state index in [1.54, 1.807) is 6.21 Å². The fourth-order valence-corrected chi connectivity index (χ4v) is 3.41. The van der Waals surface area contributed by atoms with E-state index in [0.29, 0.717) is 17.8 Å². The van der Waals surface area contributed by atoms with Crippen LogP contribution in [0.2, 0.25) is 5.02 Å². The van der Waals surface area contributed by atoms with Gasteiger partial charge in [-0.05, 0) is 60.5 Å². The Morgan fingerprint density at radius 1 is 1.15 bits per heavy atom. The highest BCUT2D eigenvalue weighted by molar-refractivity contribution is 7.80. The summed E-state index contributed by atoms with van der Waals surface area (Å²) in [6, 6.07) is 15.9. The van der Waals surface area contributed by atoms with E-state index in [1.807, 2.05) is 48.5 Å². The molecule has 1 saturated carbocycles. The SMILES string of the molecule is S=C(N/N=C\c1cccc(OCc2ccc(Cl)cc2)c1)NC1CCCCC1. The predicted octanol–water partition coefficient (Wildman–Crippen LogP) is 5.05. The predicted molar refractivity (Wildman–Crippen MR) is 116 cm³/mol. The Morgan fingerprint density at radius 3 is 2.70 bits per heavy atom. The molecule has 2 aromatic rings. The number of benzene rings is 2.